The van der Waals surface area contributed by atoms with E-state index in [0.717, 1.165) is 22.4 Å². The summed E-state index contributed by atoms with van der Waals surface area (Å²) in [6.07, 6.45) is 0. The molecule has 0 saturated heterocycles. The fourth-order valence-electron chi connectivity index (χ4n) is 1.85. The quantitative estimate of drug-likeness (QED) is 0.883. The van der Waals surface area contributed by atoms with Crippen LogP contribution >= 0.6 is 0 Å². The van der Waals surface area contributed by atoms with Crippen molar-refractivity contribution < 1.29 is 8.42 Å². The van der Waals surface area contributed by atoms with Gasteiger partial charge in [-0.2, -0.15) is 0 Å². The zero-order valence-corrected chi connectivity index (χ0v) is 12.6. The summed E-state index contributed by atoms with van der Waals surface area (Å²) in [5.74, 6) is 0. The third-order valence-electron chi connectivity index (χ3n) is 3.25. The molecule has 106 valence electrons. The van der Waals surface area contributed by atoms with E-state index in [4.69, 9.17) is 5.73 Å². The Balaban J connectivity index is 2.40. The minimum atomic E-state index is -3.38. The molecule has 0 unspecified atom stereocenters. The highest BCUT2D eigenvalue weighted by Gasteiger charge is 2.16. The van der Waals surface area contributed by atoms with E-state index < -0.39 is 10.0 Å². The molecule has 0 fully saturated rings. The van der Waals surface area contributed by atoms with Gasteiger partial charge in [-0.3, -0.25) is 0 Å². The highest BCUT2D eigenvalue weighted by molar-refractivity contribution is 7.89. The van der Waals surface area contributed by atoms with Crippen LogP contribution in [0.5, 0.6) is 0 Å². The van der Waals surface area contributed by atoms with Crippen LogP contribution in [0.25, 0.3) is 11.1 Å². The highest BCUT2D eigenvalue weighted by atomic mass is 32.2. The van der Waals surface area contributed by atoms with E-state index in [1.54, 1.807) is 24.3 Å². The molecule has 0 radical (unpaired) electrons. The third kappa shape index (κ3) is 2.69. The summed E-state index contributed by atoms with van der Waals surface area (Å²) in [4.78, 5) is 0.284. The molecule has 0 aromatic heterocycles. The van der Waals surface area contributed by atoms with Crippen LogP contribution in [-0.4, -0.2) is 26.8 Å². The van der Waals surface area contributed by atoms with Gasteiger partial charge in [0.1, 0.15) is 0 Å². The first-order chi connectivity index (χ1) is 9.32. The normalized spacial score (nSPS) is 11.8. The molecule has 0 atom stereocenters. The lowest BCUT2D eigenvalue weighted by atomic mass is 10.0. The number of rotatable bonds is 3. The van der Waals surface area contributed by atoms with E-state index in [0.29, 0.717) is 0 Å². The SMILES string of the molecule is Cc1ccc(-c2ccc(S(=O)(=O)N(C)C)cc2)cc1N. The predicted octanol–water partition coefficient (Wildman–Crippen LogP) is 2.49. The van der Waals surface area contributed by atoms with Gasteiger partial charge in [0, 0.05) is 19.8 Å². The number of hydrogen-bond donors (Lipinski definition) is 1. The number of nitrogens with two attached hydrogens (primary N) is 1. The van der Waals surface area contributed by atoms with Crippen molar-refractivity contribution in [2.45, 2.75) is 11.8 Å². The Labute approximate surface area is 119 Å². The second kappa shape index (κ2) is 5.26. The number of benzene rings is 2. The lowest BCUT2D eigenvalue weighted by molar-refractivity contribution is 0.521. The van der Waals surface area contributed by atoms with Gasteiger partial charge < -0.3 is 5.73 Å². The summed E-state index contributed by atoms with van der Waals surface area (Å²) in [6.45, 7) is 1.95. The molecule has 2 N–H and O–H groups in total. The molecule has 0 spiro atoms. The molecule has 0 saturated carbocycles. The van der Waals surface area contributed by atoms with Crippen LogP contribution in [0, 0.1) is 6.92 Å². The molecule has 0 amide bonds. The Morgan fingerprint density at radius 1 is 0.950 bits per heavy atom. The summed E-state index contributed by atoms with van der Waals surface area (Å²) in [6, 6.07) is 12.6. The monoisotopic (exact) mass is 290 g/mol. The molecule has 20 heavy (non-hydrogen) atoms. The zero-order chi connectivity index (χ0) is 14.9. The average Bonchev–Trinajstić information content (AvgIpc) is 2.42. The number of hydrogen-bond acceptors (Lipinski definition) is 3. The number of nitrogens with zero attached hydrogens (tertiary/aromatic N) is 1. The summed E-state index contributed by atoms with van der Waals surface area (Å²) in [5, 5.41) is 0. The van der Waals surface area contributed by atoms with Crippen LogP contribution in [0.1, 0.15) is 5.56 Å². The second-order valence-electron chi connectivity index (χ2n) is 4.88. The fraction of sp³-hybridized carbons (Fsp3) is 0.200. The van der Waals surface area contributed by atoms with Crippen molar-refractivity contribution in [1.29, 1.82) is 0 Å². The van der Waals surface area contributed by atoms with E-state index in [-0.39, 0.29) is 4.90 Å². The molecular formula is C15H18N2O2S. The van der Waals surface area contributed by atoms with Crippen LogP contribution in [-0.2, 0) is 10.0 Å². The molecule has 0 aliphatic rings. The van der Waals surface area contributed by atoms with E-state index in [2.05, 4.69) is 0 Å². The Bertz CT molecular complexity index is 720. The summed E-state index contributed by atoms with van der Waals surface area (Å²) >= 11 is 0. The Morgan fingerprint density at radius 2 is 1.50 bits per heavy atom. The number of anilines is 1. The molecule has 0 bridgehead atoms. The van der Waals surface area contributed by atoms with E-state index in [9.17, 15) is 8.42 Å². The molecule has 5 heteroatoms. The molecule has 0 aliphatic heterocycles. The van der Waals surface area contributed by atoms with Crippen molar-refractivity contribution in [3.63, 3.8) is 0 Å². The first-order valence-corrected chi connectivity index (χ1v) is 7.65. The zero-order valence-electron chi connectivity index (χ0n) is 11.8. The van der Waals surface area contributed by atoms with Crippen LogP contribution in [0.3, 0.4) is 0 Å². The van der Waals surface area contributed by atoms with E-state index in [1.807, 2.05) is 25.1 Å². The first-order valence-electron chi connectivity index (χ1n) is 6.21. The Kier molecular flexibility index (Phi) is 3.83. The van der Waals surface area contributed by atoms with Crippen molar-refractivity contribution in [2.24, 2.45) is 0 Å². The highest BCUT2D eigenvalue weighted by Crippen LogP contribution is 2.25. The van der Waals surface area contributed by atoms with Gasteiger partial charge in [-0.1, -0.05) is 24.3 Å². The van der Waals surface area contributed by atoms with Crippen LogP contribution in [0.4, 0.5) is 5.69 Å². The maximum Gasteiger partial charge on any atom is 0.242 e. The lowest BCUT2D eigenvalue weighted by Gasteiger charge is -2.12. The summed E-state index contributed by atoms with van der Waals surface area (Å²) in [5.41, 5.74) is 9.57. The third-order valence-corrected chi connectivity index (χ3v) is 5.07. The summed E-state index contributed by atoms with van der Waals surface area (Å²) in [7, 11) is -0.347. The minimum absolute atomic E-state index is 0.284. The van der Waals surface area contributed by atoms with Gasteiger partial charge in [0.2, 0.25) is 10.0 Å². The van der Waals surface area contributed by atoms with Crippen molar-refractivity contribution in [3.05, 3.63) is 48.0 Å². The number of sulfonamides is 1. The molecule has 0 heterocycles. The van der Waals surface area contributed by atoms with Gasteiger partial charge in [0.25, 0.3) is 0 Å². The van der Waals surface area contributed by atoms with E-state index >= 15 is 0 Å². The van der Waals surface area contributed by atoms with Gasteiger partial charge in [-0.25, -0.2) is 12.7 Å². The smallest absolute Gasteiger partial charge is 0.242 e. The Morgan fingerprint density at radius 3 is 2.00 bits per heavy atom. The Hall–Kier alpha value is -1.85. The fourth-order valence-corrected chi connectivity index (χ4v) is 2.75. The van der Waals surface area contributed by atoms with Gasteiger partial charge >= 0.3 is 0 Å². The molecule has 2 aromatic carbocycles. The van der Waals surface area contributed by atoms with Crippen LogP contribution in [0.2, 0.25) is 0 Å². The number of aryl methyl sites for hydroxylation is 1. The maximum absolute atomic E-state index is 12.0. The van der Waals surface area contributed by atoms with E-state index in [1.165, 1.54) is 18.4 Å². The molecule has 2 rings (SSSR count). The predicted molar refractivity (Wildman–Crippen MR) is 81.9 cm³/mol. The number of nitrogen functional groups attached to an aromatic ring is 1. The largest absolute Gasteiger partial charge is 0.398 e. The van der Waals surface area contributed by atoms with Crippen molar-refractivity contribution >= 4 is 15.7 Å². The van der Waals surface area contributed by atoms with Gasteiger partial charge in [0.05, 0.1) is 4.90 Å². The standard InChI is InChI=1S/C15H18N2O2S/c1-11-4-5-13(10-15(11)16)12-6-8-14(9-7-12)20(18,19)17(2)3/h4-10H,16H2,1-3H3. The molecule has 4 nitrogen and oxygen atoms in total. The second-order valence-corrected chi connectivity index (χ2v) is 7.04. The van der Waals surface area contributed by atoms with Gasteiger partial charge in [-0.05, 0) is 41.8 Å². The maximum atomic E-state index is 12.0. The van der Waals surface area contributed by atoms with Crippen LogP contribution < -0.4 is 5.73 Å². The van der Waals surface area contributed by atoms with Gasteiger partial charge in [-0.15, -0.1) is 0 Å². The summed E-state index contributed by atoms with van der Waals surface area (Å²) < 4.78 is 25.2. The molecular weight excluding hydrogens is 272 g/mol. The van der Waals surface area contributed by atoms with Gasteiger partial charge in [0.15, 0.2) is 0 Å². The first kappa shape index (κ1) is 14.6. The molecule has 0 aliphatic carbocycles. The van der Waals surface area contributed by atoms with Crippen molar-refractivity contribution in [1.82, 2.24) is 4.31 Å². The van der Waals surface area contributed by atoms with Crippen molar-refractivity contribution in [2.75, 3.05) is 19.8 Å². The minimum Gasteiger partial charge on any atom is -0.398 e. The topological polar surface area (TPSA) is 63.4 Å². The average molecular weight is 290 g/mol. The lowest BCUT2D eigenvalue weighted by Crippen LogP contribution is -2.22. The molecule has 2 aromatic rings. The van der Waals surface area contributed by atoms with Crippen molar-refractivity contribution in [3.8, 4) is 11.1 Å². The van der Waals surface area contributed by atoms with Crippen LogP contribution in [0.15, 0.2) is 47.4 Å².